The summed E-state index contributed by atoms with van der Waals surface area (Å²) in [4.78, 5) is 11.7. The molecule has 1 atom stereocenters. The van der Waals surface area contributed by atoms with Gasteiger partial charge >= 0.3 is 0 Å². The molecule has 0 saturated heterocycles. The summed E-state index contributed by atoms with van der Waals surface area (Å²) in [5, 5.41) is 0. The maximum atomic E-state index is 11.7. The molecule has 0 aliphatic rings. The van der Waals surface area contributed by atoms with Gasteiger partial charge in [0.05, 0.1) is 0 Å². The average molecular weight is 232 g/mol. The summed E-state index contributed by atoms with van der Waals surface area (Å²) in [7, 11) is 0. The van der Waals surface area contributed by atoms with E-state index in [2.05, 4.69) is 38.1 Å². The molecule has 17 heavy (non-hydrogen) atoms. The van der Waals surface area contributed by atoms with E-state index in [0.29, 0.717) is 0 Å². The lowest BCUT2D eigenvalue weighted by atomic mass is 9.67. The zero-order chi connectivity index (χ0) is 13.1. The quantitative estimate of drug-likeness (QED) is 0.737. The van der Waals surface area contributed by atoms with Crippen molar-refractivity contribution in [3.63, 3.8) is 0 Å². The highest BCUT2D eigenvalue weighted by Crippen LogP contribution is 2.39. The van der Waals surface area contributed by atoms with Crippen molar-refractivity contribution in [2.24, 2.45) is 5.41 Å². The highest BCUT2D eigenvalue weighted by Gasteiger charge is 2.35. The van der Waals surface area contributed by atoms with E-state index in [1.54, 1.807) is 6.92 Å². The van der Waals surface area contributed by atoms with Crippen LogP contribution >= 0.6 is 0 Å². The Kier molecular flexibility index (Phi) is 4.13. The van der Waals surface area contributed by atoms with Crippen LogP contribution in [0.3, 0.4) is 0 Å². The molecule has 0 heterocycles. The fourth-order valence-electron chi connectivity index (χ4n) is 2.37. The minimum Gasteiger partial charge on any atom is -0.299 e. The van der Waals surface area contributed by atoms with Crippen LogP contribution in [-0.4, -0.2) is 5.78 Å². The standard InChI is InChI=1S/C16H24O/c1-6-16(5,12-15(3,4)13(2)17)14-10-8-7-9-11-14/h7-11H,6,12H2,1-5H3. The Morgan fingerprint density at radius 2 is 1.65 bits per heavy atom. The average Bonchev–Trinajstić information content (AvgIpc) is 2.29. The Hall–Kier alpha value is -1.11. The summed E-state index contributed by atoms with van der Waals surface area (Å²) in [6.45, 7) is 10.2. The first-order chi connectivity index (χ1) is 7.82. The summed E-state index contributed by atoms with van der Waals surface area (Å²) >= 11 is 0. The lowest BCUT2D eigenvalue weighted by molar-refractivity contribution is -0.125. The molecule has 0 aromatic heterocycles. The third-order valence-electron chi connectivity index (χ3n) is 4.04. The third-order valence-corrected chi connectivity index (χ3v) is 4.04. The van der Waals surface area contributed by atoms with Crippen LogP contribution < -0.4 is 0 Å². The largest absolute Gasteiger partial charge is 0.299 e. The molecule has 1 aromatic rings. The van der Waals surface area contributed by atoms with Crippen LogP contribution in [0.15, 0.2) is 30.3 Å². The maximum Gasteiger partial charge on any atom is 0.135 e. The van der Waals surface area contributed by atoms with Gasteiger partial charge in [-0.2, -0.15) is 0 Å². The van der Waals surface area contributed by atoms with Crippen LogP contribution in [0.5, 0.6) is 0 Å². The number of benzene rings is 1. The zero-order valence-corrected chi connectivity index (χ0v) is 11.7. The van der Waals surface area contributed by atoms with Crippen molar-refractivity contribution in [2.45, 2.75) is 52.9 Å². The number of ketones is 1. The molecule has 0 fully saturated rings. The van der Waals surface area contributed by atoms with Crippen LogP contribution in [0.2, 0.25) is 0 Å². The second-order valence-electron chi connectivity index (χ2n) is 5.90. The summed E-state index contributed by atoms with van der Waals surface area (Å²) < 4.78 is 0. The van der Waals surface area contributed by atoms with Gasteiger partial charge in [-0.25, -0.2) is 0 Å². The monoisotopic (exact) mass is 232 g/mol. The van der Waals surface area contributed by atoms with Crippen LogP contribution in [0.4, 0.5) is 0 Å². The molecule has 0 radical (unpaired) electrons. The predicted molar refractivity (Wildman–Crippen MR) is 73.2 cm³/mol. The van der Waals surface area contributed by atoms with Gasteiger partial charge < -0.3 is 0 Å². The van der Waals surface area contributed by atoms with Crippen molar-refractivity contribution in [1.82, 2.24) is 0 Å². The molecule has 0 aliphatic heterocycles. The summed E-state index contributed by atoms with van der Waals surface area (Å²) in [6.07, 6.45) is 1.95. The van der Waals surface area contributed by atoms with Gasteiger partial charge in [0.2, 0.25) is 0 Å². The second-order valence-corrected chi connectivity index (χ2v) is 5.90. The van der Waals surface area contributed by atoms with Crippen LogP contribution in [0.1, 0.15) is 53.0 Å². The van der Waals surface area contributed by atoms with E-state index < -0.39 is 0 Å². The van der Waals surface area contributed by atoms with E-state index in [1.807, 2.05) is 19.9 Å². The fraction of sp³-hybridized carbons (Fsp3) is 0.562. The van der Waals surface area contributed by atoms with Gasteiger partial charge in [0.1, 0.15) is 5.78 Å². The Morgan fingerprint density at radius 1 is 1.12 bits per heavy atom. The molecule has 94 valence electrons. The van der Waals surface area contributed by atoms with E-state index in [4.69, 9.17) is 0 Å². The molecule has 1 unspecified atom stereocenters. The van der Waals surface area contributed by atoms with Crippen LogP contribution in [-0.2, 0) is 10.2 Å². The van der Waals surface area contributed by atoms with Crippen molar-refractivity contribution in [3.8, 4) is 0 Å². The molecule has 1 rings (SSSR count). The van der Waals surface area contributed by atoms with Crippen molar-refractivity contribution < 1.29 is 4.79 Å². The minimum absolute atomic E-state index is 0.0798. The zero-order valence-electron chi connectivity index (χ0n) is 11.7. The van der Waals surface area contributed by atoms with Crippen LogP contribution in [0.25, 0.3) is 0 Å². The van der Waals surface area contributed by atoms with Gasteiger partial charge in [-0.15, -0.1) is 0 Å². The molecule has 0 N–H and O–H groups in total. The second kappa shape index (κ2) is 5.03. The normalized spacial score (nSPS) is 15.4. The summed E-state index contributed by atoms with van der Waals surface area (Å²) in [5.41, 5.74) is 1.16. The predicted octanol–water partition coefficient (Wildman–Crippen LogP) is 4.36. The molecular formula is C16H24O. The molecular weight excluding hydrogens is 208 g/mol. The molecule has 0 bridgehead atoms. The summed E-state index contributed by atoms with van der Waals surface area (Å²) in [5.74, 6) is 0.271. The number of hydrogen-bond donors (Lipinski definition) is 0. The molecule has 1 heteroatoms. The highest BCUT2D eigenvalue weighted by molar-refractivity contribution is 5.81. The molecule has 0 aliphatic carbocycles. The molecule has 1 nitrogen and oxygen atoms in total. The van der Waals surface area contributed by atoms with Crippen molar-refractivity contribution >= 4 is 5.78 Å². The highest BCUT2D eigenvalue weighted by atomic mass is 16.1. The first kappa shape index (κ1) is 14.0. The smallest absolute Gasteiger partial charge is 0.135 e. The number of Topliss-reactive ketones (excluding diaryl/α,β-unsaturated/α-hetero) is 1. The Morgan fingerprint density at radius 3 is 2.06 bits per heavy atom. The Labute approximate surface area is 105 Å². The molecule has 0 saturated carbocycles. The van der Waals surface area contributed by atoms with Crippen molar-refractivity contribution in [2.75, 3.05) is 0 Å². The first-order valence-electron chi connectivity index (χ1n) is 6.38. The van der Waals surface area contributed by atoms with E-state index in [9.17, 15) is 4.79 Å². The maximum absolute atomic E-state index is 11.7. The molecule has 1 aromatic carbocycles. The van der Waals surface area contributed by atoms with Gasteiger partial charge in [0.15, 0.2) is 0 Å². The van der Waals surface area contributed by atoms with E-state index in [1.165, 1.54) is 5.56 Å². The minimum atomic E-state index is -0.249. The summed E-state index contributed by atoms with van der Waals surface area (Å²) in [6, 6.07) is 10.5. The van der Waals surface area contributed by atoms with E-state index >= 15 is 0 Å². The number of carbonyl (C=O) groups is 1. The topological polar surface area (TPSA) is 17.1 Å². The van der Waals surface area contributed by atoms with Crippen molar-refractivity contribution in [1.29, 1.82) is 0 Å². The van der Waals surface area contributed by atoms with Gasteiger partial charge in [0, 0.05) is 5.41 Å². The van der Waals surface area contributed by atoms with E-state index in [0.717, 1.165) is 12.8 Å². The lowest BCUT2D eigenvalue weighted by Crippen LogP contribution is -2.33. The number of carbonyl (C=O) groups excluding carboxylic acids is 1. The molecule has 0 spiro atoms. The van der Waals surface area contributed by atoms with Gasteiger partial charge in [-0.3, -0.25) is 4.79 Å². The van der Waals surface area contributed by atoms with E-state index in [-0.39, 0.29) is 16.6 Å². The Balaban J connectivity index is 3.02. The molecule has 0 amide bonds. The first-order valence-corrected chi connectivity index (χ1v) is 6.38. The Bertz CT molecular complexity index is 378. The third kappa shape index (κ3) is 3.18. The lowest BCUT2D eigenvalue weighted by Gasteiger charge is -2.36. The number of rotatable bonds is 5. The number of hydrogen-bond acceptors (Lipinski definition) is 1. The van der Waals surface area contributed by atoms with Gasteiger partial charge in [-0.1, -0.05) is 58.0 Å². The SMILES string of the molecule is CCC(C)(CC(C)(C)C(C)=O)c1ccccc1. The van der Waals surface area contributed by atoms with Gasteiger partial charge in [-0.05, 0) is 30.7 Å². The fourth-order valence-corrected chi connectivity index (χ4v) is 2.37. The van der Waals surface area contributed by atoms with Gasteiger partial charge in [0.25, 0.3) is 0 Å². The van der Waals surface area contributed by atoms with Crippen molar-refractivity contribution in [3.05, 3.63) is 35.9 Å². The van der Waals surface area contributed by atoms with Crippen LogP contribution in [0, 0.1) is 5.41 Å².